The smallest absolute Gasteiger partial charge is 0.226 e. The van der Waals surface area contributed by atoms with Crippen molar-refractivity contribution in [2.45, 2.75) is 65.4 Å². The molecule has 0 aliphatic carbocycles. The molecule has 0 spiro atoms. The molecule has 0 atom stereocenters. The molecule has 3 N–H and O–H groups in total. The van der Waals surface area contributed by atoms with Crippen LogP contribution in [0.25, 0.3) is 0 Å². The Bertz CT molecular complexity index is 1130. The predicted octanol–water partition coefficient (Wildman–Crippen LogP) is 4.28. The van der Waals surface area contributed by atoms with Crippen molar-refractivity contribution >= 4 is 0 Å². The number of nitrogens with zero attached hydrogens (tertiary/aromatic N) is 2. The Labute approximate surface area is 181 Å². The van der Waals surface area contributed by atoms with E-state index in [-0.39, 0.29) is 22.8 Å². The molecular formula is C24H28N2O5. The Morgan fingerprint density at radius 2 is 1.81 bits per heavy atom. The highest BCUT2D eigenvalue weighted by Gasteiger charge is 2.32. The van der Waals surface area contributed by atoms with Gasteiger partial charge < -0.3 is 24.6 Å². The highest BCUT2D eigenvalue weighted by molar-refractivity contribution is 5.59. The van der Waals surface area contributed by atoms with E-state index < -0.39 is 0 Å². The first kappa shape index (κ1) is 21.0. The fourth-order valence-electron chi connectivity index (χ4n) is 4.02. The third kappa shape index (κ3) is 4.17. The minimum atomic E-state index is -0.236. The second-order valence-corrected chi connectivity index (χ2v) is 8.85. The van der Waals surface area contributed by atoms with E-state index in [4.69, 9.17) is 9.26 Å². The summed E-state index contributed by atoms with van der Waals surface area (Å²) in [5, 5.41) is 34.0. The molecule has 2 aromatic carbocycles. The van der Waals surface area contributed by atoms with Crippen LogP contribution in [0.3, 0.4) is 0 Å². The molecule has 7 nitrogen and oxygen atoms in total. The number of fused-ring (bicyclic) bond motifs is 1. The molecule has 1 aliphatic rings. The van der Waals surface area contributed by atoms with Gasteiger partial charge in [-0.05, 0) is 75.8 Å². The minimum Gasteiger partial charge on any atom is -0.507 e. The van der Waals surface area contributed by atoms with Gasteiger partial charge in [0.1, 0.15) is 17.1 Å². The Morgan fingerprint density at radius 1 is 1.03 bits per heavy atom. The molecule has 164 valence electrons. The van der Waals surface area contributed by atoms with Crippen molar-refractivity contribution < 1.29 is 24.6 Å². The summed E-state index contributed by atoms with van der Waals surface area (Å²) >= 11 is 0. The minimum absolute atomic E-state index is 0.146. The summed E-state index contributed by atoms with van der Waals surface area (Å²) < 4.78 is 11.7. The molecular weight excluding hydrogens is 396 g/mol. The maximum absolute atomic E-state index is 10.8. The zero-order valence-electron chi connectivity index (χ0n) is 18.3. The van der Waals surface area contributed by atoms with Gasteiger partial charge >= 0.3 is 0 Å². The second-order valence-electron chi connectivity index (χ2n) is 8.85. The van der Waals surface area contributed by atoms with Gasteiger partial charge in [0.05, 0.1) is 0 Å². The molecule has 1 aromatic heterocycles. The number of hydrogen-bond donors (Lipinski definition) is 3. The average molecular weight is 424 g/mol. The average Bonchev–Trinajstić information content (AvgIpc) is 3.17. The molecule has 1 aliphatic heterocycles. The molecule has 0 fully saturated rings. The highest BCUT2D eigenvalue weighted by Crippen LogP contribution is 2.44. The van der Waals surface area contributed by atoms with Crippen LogP contribution in [0.1, 0.15) is 59.8 Å². The van der Waals surface area contributed by atoms with Crippen LogP contribution >= 0.6 is 0 Å². The third-order valence-electron chi connectivity index (χ3n) is 6.05. The lowest BCUT2D eigenvalue weighted by Gasteiger charge is -2.35. The van der Waals surface area contributed by atoms with E-state index in [0.717, 1.165) is 46.4 Å². The molecule has 2 heterocycles. The fraction of sp³-hybridized carbons (Fsp3) is 0.417. The summed E-state index contributed by atoms with van der Waals surface area (Å²) in [6.07, 6.45) is 3.14. The first-order valence-corrected chi connectivity index (χ1v) is 10.5. The summed E-state index contributed by atoms with van der Waals surface area (Å²) in [6, 6.07) is 4.72. The third-order valence-corrected chi connectivity index (χ3v) is 6.05. The topological polar surface area (TPSA) is 109 Å². The molecule has 0 saturated carbocycles. The number of aromatic nitrogens is 2. The van der Waals surface area contributed by atoms with Crippen LogP contribution < -0.4 is 4.74 Å². The number of phenolic OH excluding ortho intramolecular Hbond substituents is 3. The monoisotopic (exact) mass is 424 g/mol. The van der Waals surface area contributed by atoms with Crippen LogP contribution in [0.4, 0.5) is 0 Å². The SMILES string of the molecule is Cc1c(C)c2c(c(Cc3noc(CCc4ccc(O)c(O)c4)n3)c1O)CCC(C)(C)O2. The van der Waals surface area contributed by atoms with Crippen LogP contribution in [-0.4, -0.2) is 31.1 Å². The van der Waals surface area contributed by atoms with Crippen LogP contribution in [0, 0.1) is 13.8 Å². The Hall–Kier alpha value is -3.22. The van der Waals surface area contributed by atoms with Crippen molar-refractivity contribution in [3.63, 3.8) is 0 Å². The molecule has 0 bridgehead atoms. The molecule has 0 amide bonds. The number of aryl methyl sites for hydroxylation is 2. The number of ether oxygens (including phenoxy) is 1. The van der Waals surface area contributed by atoms with Gasteiger partial charge in [-0.1, -0.05) is 11.2 Å². The van der Waals surface area contributed by atoms with Gasteiger partial charge in [0.15, 0.2) is 17.3 Å². The fourth-order valence-corrected chi connectivity index (χ4v) is 4.02. The Morgan fingerprint density at radius 3 is 2.55 bits per heavy atom. The van der Waals surface area contributed by atoms with Gasteiger partial charge in [0.2, 0.25) is 5.89 Å². The Balaban J connectivity index is 1.54. The van der Waals surface area contributed by atoms with Crippen molar-refractivity contribution in [2.24, 2.45) is 0 Å². The van der Waals surface area contributed by atoms with E-state index in [9.17, 15) is 15.3 Å². The first-order valence-electron chi connectivity index (χ1n) is 10.5. The zero-order chi connectivity index (χ0) is 22.3. The first-order chi connectivity index (χ1) is 14.6. The largest absolute Gasteiger partial charge is 0.507 e. The van der Waals surface area contributed by atoms with E-state index in [2.05, 4.69) is 24.0 Å². The van der Waals surface area contributed by atoms with Crippen molar-refractivity contribution in [3.05, 3.63) is 57.7 Å². The Kier molecular flexibility index (Phi) is 5.29. The van der Waals surface area contributed by atoms with Crippen molar-refractivity contribution in [3.8, 4) is 23.0 Å². The summed E-state index contributed by atoms with van der Waals surface area (Å²) in [6.45, 7) is 8.04. The quantitative estimate of drug-likeness (QED) is 0.525. The molecule has 0 radical (unpaired) electrons. The van der Waals surface area contributed by atoms with E-state index in [1.165, 1.54) is 12.1 Å². The maximum atomic E-state index is 10.8. The number of phenols is 3. The molecule has 0 saturated heterocycles. The summed E-state index contributed by atoms with van der Waals surface area (Å²) in [7, 11) is 0. The lowest BCUT2D eigenvalue weighted by molar-refractivity contribution is 0.0830. The summed E-state index contributed by atoms with van der Waals surface area (Å²) in [4.78, 5) is 4.49. The van der Waals surface area contributed by atoms with Crippen molar-refractivity contribution in [1.82, 2.24) is 10.1 Å². The highest BCUT2D eigenvalue weighted by atomic mass is 16.5. The van der Waals surface area contributed by atoms with Gasteiger partial charge in [-0.2, -0.15) is 4.98 Å². The standard InChI is InChI=1S/C24H28N2O5/c1-13-14(2)23-16(9-10-24(3,4)30-23)17(22(13)29)12-20-25-21(31-26-20)8-6-15-5-7-18(27)19(28)11-15/h5,7,11,27-29H,6,8-10,12H2,1-4H3. The second kappa shape index (κ2) is 7.80. The number of hydrogen-bond acceptors (Lipinski definition) is 7. The zero-order valence-corrected chi connectivity index (χ0v) is 18.3. The summed E-state index contributed by atoms with van der Waals surface area (Å²) in [5.74, 6) is 1.82. The number of aromatic hydroxyl groups is 3. The normalized spacial score (nSPS) is 14.8. The lowest BCUT2D eigenvalue weighted by atomic mass is 9.86. The van der Waals surface area contributed by atoms with Crippen LogP contribution in [0.5, 0.6) is 23.0 Å². The van der Waals surface area contributed by atoms with Gasteiger partial charge in [-0.25, -0.2) is 0 Å². The van der Waals surface area contributed by atoms with Gasteiger partial charge in [0.25, 0.3) is 0 Å². The van der Waals surface area contributed by atoms with Crippen molar-refractivity contribution in [1.29, 1.82) is 0 Å². The molecule has 4 rings (SSSR count). The van der Waals surface area contributed by atoms with E-state index in [1.54, 1.807) is 6.07 Å². The van der Waals surface area contributed by atoms with Gasteiger partial charge in [0, 0.05) is 24.0 Å². The van der Waals surface area contributed by atoms with E-state index >= 15 is 0 Å². The lowest BCUT2D eigenvalue weighted by Crippen LogP contribution is -2.33. The van der Waals surface area contributed by atoms with Gasteiger partial charge in [-0.15, -0.1) is 0 Å². The number of rotatable bonds is 5. The van der Waals surface area contributed by atoms with Crippen LogP contribution in [0.15, 0.2) is 22.7 Å². The van der Waals surface area contributed by atoms with Gasteiger partial charge in [-0.3, -0.25) is 0 Å². The van der Waals surface area contributed by atoms with E-state index in [1.807, 2.05) is 13.8 Å². The molecule has 31 heavy (non-hydrogen) atoms. The van der Waals surface area contributed by atoms with Crippen LogP contribution in [0.2, 0.25) is 0 Å². The van der Waals surface area contributed by atoms with E-state index in [0.29, 0.717) is 31.0 Å². The molecule has 0 unspecified atom stereocenters. The van der Waals surface area contributed by atoms with Crippen molar-refractivity contribution in [2.75, 3.05) is 0 Å². The predicted molar refractivity (Wildman–Crippen MR) is 115 cm³/mol. The molecule has 3 aromatic rings. The maximum Gasteiger partial charge on any atom is 0.226 e. The molecule has 7 heteroatoms. The number of benzene rings is 2. The van der Waals surface area contributed by atoms with Crippen LogP contribution in [-0.2, 0) is 25.7 Å². The summed E-state index contributed by atoms with van der Waals surface area (Å²) in [5.41, 5.74) is 4.21.